The van der Waals surface area contributed by atoms with Gasteiger partial charge in [-0.2, -0.15) is 0 Å². The van der Waals surface area contributed by atoms with Gasteiger partial charge in [-0.25, -0.2) is 4.79 Å². The molecule has 13 heteroatoms. The number of nitrogens with two attached hydrogens (primary N) is 1. The first-order valence-electron chi connectivity index (χ1n) is 10.7. The van der Waals surface area contributed by atoms with Gasteiger partial charge in [0.15, 0.2) is 11.8 Å². The number of phenolic OH excluding ortho intramolecular Hbond substituents is 1. The Balaban J connectivity index is 1.59. The van der Waals surface area contributed by atoms with Gasteiger partial charge in [-0.05, 0) is 42.0 Å². The molecule has 3 rings (SSSR count). The third kappa shape index (κ3) is 5.88. The van der Waals surface area contributed by atoms with Crippen LogP contribution < -0.4 is 15.8 Å². The van der Waals surface area contributed by atoms with Crippen LogP contribution in [0.1, 0.15) is 23.6 Å². The number of phenols is 1. The van der Waals surface area contributed by atoms with Crippen LogP contribution in [-0.4, -0.2) is 80.1 Å². The lowest BCUT2D eigenvalue weighted by Crippen LogP contribution is -2.66. The summed E-state index contributed by atoms with van der Waals surface area (Å²) >= 11 is 0. The number of carbonyl (C=O) groups excluding carboxylic acids is 2. The summed E-state index contributed by atoms with van der Waals surface area (Å²) in [6.07, 6.45) is 0.0880. The Morgan fingerprint density at radius 1 is 1.08 bits per heavy atom. The minimum absolute atomic E-state index is 0.0516. The molecule has 190 valence electrons. The molecule has 1 saturated heterocycles. The van der Waals surface area contributed by atoms with Crippen LogP contribution in [0.2, 0.25) is 0 Å². The van der Waals surface area contributed by atoms with E-state index >= 15 is 0 Å². The predicted molar refractivity (Wildman–Crippen MR) is 123 cm³/mol. The molecule has 0 bridgehead atoms. The van der Waals surface area contributed by atoms with Crippen molar-refractivity contribution in [2.75, 3.05) is 13.2 Å². The van der Waals surface area contributed by atoms with Crippen LogP contribution in [0.3, 0.4) is 0 Å². The van der Waals surface area contributed by atoms with Crippen molar-refractivity contribution in [2.24, 2.45) is 10.9 Å². The number of ether oxygens (including phenoxy) is 1. The zero-order valence-corrected chi connectivity index (χ0v) is 18.8. The molecule has 1 aliphatic rings. The first kappa shape index (κ1) is 26.0. The van der Waals surface area contributed by atoms with Crippen molar-refractivity contribution in [3.05, 3.63) is 59.7 Å². The maximum Gasteiger partial charge on any atom is 0.331 e. The molecule has 13 nitrogen and oxygen atoms in total. The first-order chi connectivity index (χ1) is 17.1. The van der Waals surface area contributed by atoms with Gasteiger partial charge >= 0.3 is 11.9 Å². The Morgan fingerprint density at radius 3 is 2.25 bits per heavy atom. The molecule has 0 aliphatic carbocycles. The van der Waals surface area contributed by atoms with Gasteiger partial charge in [0.1, 0.15) is 23.6 Å². The summed E-state index contributed by atoms with van der Waals surface area (Å²) in [5.41, 5.74) is 5.51. The Labute approximate surface area is 204 Å². The maximum atomic E-state index is 12.6. The lowest BCUT2D eigenvalue weighted by Gasteiger charge is -2.42. The van der Waals surface area contributed by atoms with Gasteiger partial charge in [-0.1, -0.05) is 17.3 Å². The van der Waals surface area contributed by atoms with Gasteiger partial charge in [0.2, 0.25) is 5.91 Å². The highest BCUT2D eigenvalue weighted by molar-refractivity contribution is 6.45. The summed E-state index contributed by atoms with van der Waals surface area (Å²) < 4.78 is 5.40. The van der Waals surface area contributed by atoms with Crippen molar-refractivity contribution in [3.8, 4) is 11.5 Å². The van der Waals surface area contributed by atoms with Crippen molar-refractivity contribution in [1.82, 2.24) is 10.2 Å². The van der Waals surface area contributed by atoms with Crippen molar-refractivity contribution in [3.63, 3.8) is 0 Å². The number of amides is 2. The highest BCUT2D eigenvalue weighted by atomic mass is 16.5. The highest BCUT2D eigenvalue weighted by Gasteiger charge is 2.45. The van der Waals surface area contributed by atoms with Gasteiger partial charge in [0.25, 0.3) is 5.91 Å². The summed E-state index contributed by atoms with van der Waals surface area (Å²) in [4.78, 5) is 48.8. The largest absolute Gasteiger partial charge is 0.508 e. The van der Waals surface area contributed by atoms with Crippen molar-refractivity contribution >= 4 is 29.5 Å². The smallest absolute Gasteiger partial charge is 0.331 e. The average Bonchev–Trinajstić information content (AvgIpc) is 2.85. The fraction of sp³-hybridized carbons (Fsp3) is 0.261. The van der Waals surface area contributed by atoms with E-state index in [9.17, 15) is 34.6 Å². The molecule has 36 heavy (non-hydrogen) atoms. The van der Waals surface area contributed by atoms with E-state index in [4.69, 9.17) is 15.6 Å². The van der Waals surface area contributed by atoms with Crippen LogP contribution in [-0.2, 0) is 19.2 Å². The van der Waals surface area contributed by atoms with E-state index < -0.39 is 41.9 Å². The fourth-order valence-corrected chi connectivity index (χ4v) is 3.50. The van der Waals surface area contributed by atoms with Crippen molar-refractivity contribution < 1.29 is 44.4 Å². The monoisotopic (exact) mass is 500 g/mol. The number of benzene rings is 2. The number of carbonyl (C=O) groups is 4. The van der Waals surface area contributed by atoms with E-state index in [-0.39, 0.29) is 42.2 Å². The van der Waals surface area contributed by atoms with Gasteiger partial charge in [0, 0.05) is 12.0 Å². The number of rotatable bonds is 11. The Kier molecular flexibility index (Phi) is 8.07. The zero-order chi connectivity index (χ0) is 26.4. The SMILES string of the molecule is N[C@@H](CCOc1ccc(/C(=N\O)C(=O)N[C@H]2CN([C@@H](C(=O)O)c3ccc(O)cc3)C2=O)cc1)C(=O)O. The summed E-state index contributed by atoms with van der Waals surface area (Å²) in [6.45, 7) is -0.0393. The van der Waals surface area contributed by atoms with Crippen molar-refractivity contribution in [2.45, 2.75) is 24.5 Å². The Hall–Kier alpha value is -4.65. The molecule has 1 aliphatic heterocycles. The number of hydrogen-bond donors (Lipinski definition) is 6. The molecule has 2 aromatic rings. The number of aliphatic carboxylic acids is 2. The van der Waals surface area contributed by atoms with Gasteiger partial charge in [-0.15, -0.1) is 0 Å². The molecule has 2 amide bonds. The molecule has 1 fully saturated rings. The maximum absolute atomic E-state index is 12.6. The normalized spacial score (nSPS) is 17.0. The van der Waals surface area contributed by atoms with E-state index in [0.717, 1.165) is 4.90 Å². The van der Waals surface area contributed by atoms with Gasteiger partial charge < -0.3 is 41.2 Å². The highest BCUT2D eigenvalue weighted by Crippen LogP contribution is 2.28. The van der Waals surface area contributed by atoms with E-state index in [1.165, 1.54) is 48.5 Å². The second kappa shape index (κ2) is 11.2. The van der Waals surface area contributed by atoms with Crippen LogP contribution in [0.5, 0.6) is 11.5 Å². The number of hydrogen-bond acceptors (Lipinski definition) is 9. The average molecular weight is 500 g/mol. The molecule has 2 aromatic carbocycles. The molecular weight excluding hydrogens is 476 g/mol. The van der Waals surface area contributed by atoms with Crippen LogP contribution in [0.4, 0.5) is 0 Å². The lowest BCUT2D eigenvalue weighted by atomic mass is 9.97. The molecule has 0 unspecified atom stereocenters. The third-order valence-corrected chi connectivity index (χ3v) is 5.48. The number of oxime groups is 1. The molecule has 0 spiro atoms. The minimum atomic E-state index is -1.30. The number of β-lactam (4-membered cyclic amide) rings is 1. The van der Waals surface area contributed by atoms with E-state index in [1.807, 2.05) is 0 Å². The molecular formula is C23H24N4O9. The molecule has 0 saturated carbocycles. The second-order valence-corrected chi connectivity index (χ2v) is 7.90. The van der Waals surface area contributed by atoms with Gasteiger partial charge in [-0.3, -0.25) is 14.4 Å². The first-order valence-corrected chi connectivity index (χ1v) is 10.7. The lowest BCUT2D eigenvalue weighted by molar-refractivity contribution is -0.160. The van der Waals surface area contributed by atoms with Crippen LogP contribution in [0.25, 0.3) is 0 Å². The zero-order valence-electron chi connectivity index (χ0n) is 18.8. The number of aromatic hydroxyl groups is 1. The number of nitrogens with zero attached hydrogens (tertiary/aromatic N) is 2. The number of likely N-dealkylation sites (tertiary alicyclic amines) is 1. The summed E-state index contributed by atoms with van der Waals surface area (Å²) in [6, 6.07) is 7.83. The Bertz CT molecular complexity index is 1170. The van der Waals surface area contributed by atoms with E-state index in [2.05, 4.69) is 10.5 Å². The molecule has 0 aromatic heterocycles. The molecule has 1 heterocycles. The van der Waals surface area contributed by atoms with Crippen LogP contribution >= 0.6 is 0 Å². The van der Waals surface area contributed by atoms with E-state index in [1.54, 1.807) is 0 Å². The molecule has 7 N–H and O–H groups in total. The quantitative estimate of drug-likeness (QED) is 0.104. The van der Waals surface area contributed by atoms with Crippen molar-refractivity contribution in [1.29, 1.82) is 0 Å². The Morgan fingerprint density at radius 2 is 1.72 bits per heavy atom. The second-order valence-electron chi connectivity index (χ2n) is 7.90. The van der Waals surface area contributed by atoms with E-state index in [0.29, 0.717) is 5.75 Å². The standard InChI is InChI=1S/C23H24N4O9/c24-16(22(31)32)9-10-36-15-7-3-12(4-8-15)18(26-35)20(29)25-17-11-27(21(17)30)19(23(33)34)13-1-5-14(28)6-2-13/h1-8,16-17,19,28,35H,9-11,24H2,(H,25,29)(H,31,32)(H,33,34)/b26-18+/t16-,17-,19+/m0/s1. The topological polar surface area (TPSA) is 212 Å². The molecule has 3 atom stereocenters. The number of nitrogens with one attached hydrogen (secondary N) is 1. The fourth-order valence-electron chi connectivity index (χ4n) is 3.50. The van der Waals surface area contributed by atoms with Crippen LogP contribution in [0.15, 0.2) is 53.7 Å². The molecule has 0 radical (unpaired) electrons. The third-order valence-electron chi connectivity index (χ3n) is 5.48. The minimum Gasteiger partial charge on any atom is -0.508 e. The van der Waals surface area contributed by atoms with Gasteiger partial charge in [0.05, 0.1) is 13.2 Å². The summed E-state index contributed by atoms with van der Waals surface area (Å²) in [5.74, 6) is -3.59. The van der Waals surface area contributed by atoms with Crippen LogP contribution in [0, 0.1) is 0 Å². The summed E-state index contributed by atoms with van der Waals surface area (Å²) in [5, 5.41) is 42.5. The number of carboxylic acid groups (broad SMARTS) is 2. The summed E-state index contributed by atoms with van der Waals surface area (Å²) in [7, 11) is 0. The predicted octanol–water partition coefficient (Wildman–Crippen LogP) is -0.0958. The number of carboxylic acids is 2.